The third kappa shape index (κ3) is 5.66. The van der Waals surface area contributed by atoms with Crippen LogP contribution in [0.1, 0.15) is 20.8 Å². The van der Waals surface area contributed by atoms with Crippen molar-refractivity contribution < 1.29 is 27.4 Å². The zero-order valence-corrected chi connectivity index (χ0v) is 19.8. The third-order valence-corrected chi connectivity index (χ3v) is 6.63. The molecular weight excluding hydrogens is 475 g/mol. The van der Waals surface area contributed by atoms with Gasteiger partial charge in [-0.05, 0) is 71.3 Å². The maximum Gasteiger partial charge on any atom is 0.416 e. The summed E-state index contributed by atoms with van der Waals surface area (Å²) in [6, 6.07) is 21.7. The lowest BCUT2D eigenvalue weighted by Crippen LogP contribution is -2.21. The predicted octanol–water partition coefficient (Wildman–Crippen LogP) is 7.05. The molecule has 0 aliphatic heterocycles. The fraction of sp³-hybridized carbons (Fsp3) is 0.148. The number of ether oxygens (including phenoxy) is 2. The highest BCUT2D eigenvalue weighted by molar-refractivity contribution is 7.18. The van der Waals surface area contributed by atoms with E-state index >= 15 is 0 Å². The molecule has 0 saturated heterocycles. The first-order valence-corrected chi connectivity index (χ1v) is 11.5. The normalized spacial score (nSPS) is 11.2. The number of hydrogen-bond acceptors (Lipinski definition) is 4. The molecule has 4 rings (SSSR count). The maximum atomic E-state index is 13.0. The summed E-state index contributed by atoms with van der Waals surface area (Å²) in [5, 5.41) is 2.80. The number of halogens is 3. The van der Waals surface area contributed by atoms with Gasteiger partial charge in [0.15, 0.2) is 0 Å². The van der Waals surface area contributed by atoms with Crippen molar-refractivity contribution in [3.05, 3.63) is 94.9 Å². The molecule has 0 aliphatic carbocycles. The first-order valence-electron chi connectivity index (χ1n) is 10.7. The highest BCUT2D eigenvalue weighted by Crippen LogP contribution is 2.40. The molecule has 1 heterocycles. The van der Waals surface area contributed by atoms with Crippen LogP contribution in [0.3, 0.4) is 0 Å². The van der Waals surface area contributed by atoms with E-state index in [9.17, 15) is 18.0 Å². The van der Waals surface area contributed by atoms with Crippen LogP contribution in [0.15, 0.2) is 78.9 Å². The molecule has 3 aromatic carbocycles. The maximum absolute atomic E-state index is 13.0. The lowest BCUT2D eigenvalue weighted by atomic mass is 10.0. The van der Waals surface area contributed by atoms with Crippen molar-refractivity contribution in [2.24, 2.45) is 0 Å². The number of benzene rings is 3. The Bertz CT molecular complexity index is 1230. The number of amides is 1. The molecule has 0 atom stereocenters. The average Bonchev–Trinajstić information content (AvgIpc) is 3.33. The molecule has 0 saturated carbocycles. The molecule has 35 heavy (non-hydrogen) atoms. The van der Waals surface area contributed by atoms with Crippen molar-refractivity contribution in [2.45, 2.75) is 12.7 Å². The van der Waals surface area contributed by atoms with E-state index in [1.807, 2.05) is 54.6 Å². The Labute approximate surface area is 205 Å². The Kier molecular flexibility index (Phi) is 7.12. The van der Waals surface area contributed by atoms with E-state index in [4.69, 9.17) is 9.47 Å². The van der Waals surface area contributed by atoms with Gasteiger partial charge in [-0.1, -0.05) is 24.3 Å². The minimum Gasteiger partial charge on any atom is -0.497 e. The fourth-order valence-electron chi connectivity index (χ4n) is 3.53. The Morgan fingerprint density at radius 1 is 0.829 bits per heavy atom. The molecule has 180 valence electrons. The average molecular weight is 498 g/mol. The molecule has 4 nitrogen and oxygen atoms in total. The van der Waals surface area contributed by atoms with E-state index in [-0.39, 0.29) is 12.5 Å². The van der Waals surface area contributed by atoms with Crippen LogP contribution >= 0.6 is 11.3 Å². The fourth-order valence-corrected chi connectivity index (χ4v) is 4.63. The van der Waals surface area contributed by atoms with Crippen LogP contribution in [-0.4, -0.2) is 20.1 Å². The molecule has 0 fully saturated rings. The van der Waals surface area contributed by atoms with Gasteiger partial charge in [-0.3, -0.25) is 4.79 Å². The Morgan fingerprint density at radius 2 is 1.37 bits per heavy atom. The van der Waals surface area contributed by atoms with Gasteiger partial charge < -0.3 is 14.8 Å². The highest BCUT2D eigenvalue weighted by Gasteiger charge is 2.30. The standard InChI is InChI=1S/C27H22F3NO3S/c1-33-21-11-5-18(6-12-21)23-15-24(35-25(23)19-7-13-22(34-2)14-8-19)26(32)31-16-17-3-9-20(10-4-17)27(28,29)30/h3-15H,16H2,1-2H3,(H,31,32). The quantitative estimate of drug-likeness (QED) is 0.298. The number of alkyl halides is 3. The van der Waals surface area contributed by atoms with Gasteiger partial charge in [-0.25, -0.2) is 0 Å². The van der Waals surface area contributed by atoms with E-state index in [0.717, 1.165) is 45.2 Å². The van der Waals surface area contributed by atoms with Crippen LogP contribution in [0.5, 0.6) is 11.5 Å². The molecule has 0 spiro atoms. The summed E-state index contributed by atoms with van der Waals surface area (Å²) in [4.78, 5) is 14.4. The summed E-state index contributed by atoms with van der Waals surface area (Å²) in [5.41, 5.74) is 2.60. The molecule has 0 bridgehead atoms. The largest absolute Gasteiger partial charge is 0.497 e. The number of rotatable bonds is 7. The van der Waals surface area contributed by atoms with Crippen molar-refractivity contribution in [3.8, 4) is 33.1 Å². The van der Waals surface area contributed by atoms with Crippen LogP contribution in [0.2, 0.25) is 0 Å². The molecule has 4 aromatic rings. The first kappa shape index (κ1) is 24.3. The highest BCUT2D eigenvalue weighted by atomic mass is 32.1. The third-order valence-electron chi connectivity index (χ3n) is 5.44. The van der Waals surface area contributed by atoms with Gasteiger partial charge in [0.25, 0.3) is 5.91 Å². The number of carbonyl (C=O) groups is 1. The van der Waals surface area contributed by atoms with Gasteiger partial charge in [-0.2, -0.15) is 13.2 Å². The number of carbonyl (C=O) groups excluding carboxylic acids is 1. The molecule has 8 heteroatoms. The van der Waals surface area contributed by atoms with Crippen LogP contribution in [0.4, 0.5) is 13.2 Å². The number of methoxy groups -OCH3 is 2. The molecule has 0 unspecified atom stereocenters. The van der Waals surface area contributed by atoms with Crippen LogP contribution in [0, 0.1) is 0 Å². The van der Waals surface area contributed by atoms with Gasteiger partial charge in [0.1, 0.15) is 11.5 Å². The van der Waals surface area contributed by atoms with Crippen LogP contribution in [0.25, 0.3) is 21.6 Å². The van der Waals surface area contributed by atoms with Gasteiger partial charge >= 0.3 is 6.18 Å². The van der Waals surface area contributed by atoms with E-state index in [2.05, 4.69) is 5.32 Å². The van der Waals surface area contributed by atoms with Crippen LogP contribution in [-0.2, 0) is 12.7 Å². The summed E-state index contributed by atoms with van der Waals surface area (Å²) in [7, 11) is 3.20. The zero-order valence-electron chi connectivity index (χ0n) is 19.0. The summed E-state index contributed by atoms with van der Waals surface area (Å²) >= 11 is 1.35. The second kappa shape index (κ2) is 10.2. The summed E-state index contributed by atoms with van der Waals surface area (Å²) in [6.07, 6.45) is -4.39. The summed E-state index contributed by atoms with van der Waals surface area (Å²) < 4.78 is 48.8. The Hall–Kier alpha value is -3.78. The second-order valence-corrected chi connectivity index (χ2v) is 8.74. The second-order valence-electron chi connectivity index (χ2n) is 7.69. The van der Waals surface area contributed by atoms with Crippen molar-refractivity contribution in [1.82, 2.24) is 5.32 Å². The SMILES string of the molecule is COc1ccc(-c2cc(C(=O)NCc3ccc(C(F)(F)F)cc3)sc2-c2ccc(OC)cc2)cc1. The lowest BCUT2D eigenvalue weighted by Gasteiger charge is -2.08. The monoisotopic (exact) mass is 497 g/mol. The van der Waals surface area contributed by atoms with Crippen molar-refractivity contribution >= 4 is 17.2 Å². The van der Waals surface area contributed by atoms with Crippen molar-refractivity contribution in [3.63, 3.8) is 0 Å². The van der Waals surface area contributed by atoms with E-state index in [1.54, 1.807) is 14.2 Å². The van der Waals surface area contributed by atoms with Crippen molar-refractivity contribution in [1.29, 1.82) is 0 Å². The smallest absolute Gasteiger partial charge is 0.416 e. The van der Waals surface area contributed by atoms with E-state index in [1.165, 1.54) is 23.5 Å². The Balaban J connectivity index is 1.60. The summed E-state index contributed by atoms with van der Waals surface area (Å²) in [5.74, 6) is 1.15. The molecular formula is C27H22F3NO3S. The van der Waals surface area contributed by atoms with Crippen LogP contribution < -0.4 is 14.8 Å². The zero-order chi connectivity index (χ0) is 25.0. The topological polar surface area (TPSA) is 47.6 Å². The van der Waals surface area contributed by atoms with Gasteiger partial charge in [0.2, 0.25) is 0 Å². The molecule has 1 amide bonds. The first-order chi connectivity index (χ1) is 16.8. The number of thiophene rings is 1. The minimum atomic E-state index is -4.39. The molecule has 0 radical (unpaired) electrons. The molecule has 1 aromatic heterocycles. The minimum absolute atomic E-state index is 0.116. The Morgan fingerprint density at radius 3 is 1.89 bits per heavy atom. The summed E-state index contributed by atoms with van der Waals surface area (Å²) in [6.45, 7) is 0.116. The van der Waals surface area contributed by atoms with Gasteiger partial charge in [0.05, 0.1) is 24.7 Å². The van der Waals surface area contributed by atoms with E-state index < -0.39 is 11.7 Å². The number of nitrogens with one attached hydrogen (secondary N) is 1. The predicted molar refractivity (Wildman–Crippen MR) is 131 cm³/mol. The van der Waals surface area contributed by atoms with E-state index in [0.29, 0.717) is 10.4 Å². The molecule has 0 aliphatic rings. The molecule has 1 N–H and O–H groups in total. The lowest BCUT2D eigenvalue weighted by molar-refractivity contribution is -0.137. The van der Waals surface area contributed by atoms with Gasteiger partial charge in [-0.15, -0.1) is 11.3 Å². The number of hydrogen-bond donors (Lipinski definition) is 1. The van der Waals surface area contributed by atoms with Gasteiger partial charge in [0, 0.05) is 17.0 Å². The van der Waals surface area contributed by atoms with Crippen molar-refractivity contribution in [2.75, 3.05) is 14.2 Å².